The van der Waals surface area contributed by atoms with Gasteiger partial charge in [-0.3, -0.25) is 9.89 Å². The van der Waals surface area contributed by atoms with Crippen LogP contribution in [0.5, 0.6) is 0 Å². The van der Waals surface area contributed by atoms with Crippen molar-refractivity contribution in [1.82, 2.24) is 25.0 Å². The van der Waals surface area contributed by atoms with E-state index >= 15 is 0 Å². The summed E-state index contributed by atoms with van der Waals surface area (Å²) >= 11 is 5.89. The Bertz CT molecular complexity index is 925. The monoisotopic (exact) mass is 340 g/mol. The molecule has 0 fully saturated rings. The molecule has 0 saturated carbocycles. The quantitative estimate of drug-likeness (QED) is 0.548. The molecule has 2 aromatic heterocycles. The van der Waals surface area contributed by atoms with Gasteiger partial charge in [-0.15, -0.1) is 12.3 Å². The van der Waals surface area contributed by atoms with Gasteiger partial charge in [0.05, 0.1) is 11.4 Å². The van der Waals surface area contributed by atoms with Crippen molar-refractivity contribution in [3.8, 4) is 29.5 Å². The Morgan fingerprint density at radius 1 is 1.33 bits per heavy atom. The zero-order valence-electron chi connectivity index (χ0n) is 12.5. The van der Waals surface area contributed by atoms with E-state index in [1.54, 1.807) is 24.3 Å². The van der Waals surface area contributed by atoms with Crippen LogP contribution in [0.2, 0.25) is 5.02 Å². The highest BCUT2D eigenvalue weighted by atomic mass is 35.5. The highest BCUT2D eigenvalue weighted by Crippen LogP contribution is 2.21. The molecule has 2 heterocycles. The molecule has 0 bridgehead atoms. The minimum atomic E-state index is -0.288. The molecule has 0 amide bonds. The van der Waals surface area contributed by atoms with Gasteiger partial charge in [-0.25, -0.2) is 4.98 Å². The average molecular weight is 341 g/mol. The van der Waals surface area contributed by atoms with E-state index in [9.17, 15) is 4.79 Å². The van der Waals surface area contributed by atoms with Gasteiger partial charge >= 0.3 is 0 Å². The number of nitrogens with one attached hydrogen (secondary N) is 2. The standard InChI is InChI=1S/C16H13ClN6O/c1-2-3-8-18-13-9-14(24)23(12-6-4-11(17)5-7-12)22-15(13)16-19-10-20-21-16/h1,4-7,9-10,18H,3,8H2,(H,19,20,21). The first-order chi connectivity index (χ1) is 11.7. The SMILES string of the molecule is C#CCCNc1cc(=O)n(-c2ccc(Cl)cc2)nc1-c1ncn[nH]1. The van der Waals surface area contributed by atoms with E-state index in [0.29, 0.717) is 40.9 Å². The Morgan fingerprint density at radius 2 is 2.12 bits per heavy atom. The minimum absolute atomic E-state index is 0.288. The van der Waals surface area contributed by atoms with Gasteiger partial charge in [0.2, 0.25) is 0 Å². The summed E-state index contributed by atoms with van der Waals surface area (Å²) in [5, 5.41) is 14.7. The van der Waals surface area contributed by atoms with E-state index in [2.05, 4.69) is 31.5 Å². The average Bonchev–Trinajstić information content (AvgIpc) is 3.11. The van der Waals surface area contributed by atoms with E-state index in [-0.39, 0.29) is 5.56 Å². The second-order valence-electron chi connectivity index (χ2n) is 4.85. The smallest absolute Gasteiger partial charge is 0.273 e. The van der Waals surface area contributed by atoms with Crippen molar-refractivity contribution in [2.24, 2.45) is 0 Å². The molecule has 0 unspecified atom stereocenters. The van der Waals surface area contributed by atoms with Crippen LogP contribution in [0.3, 0.4) is 0 Å². The number of nitrogens with zero attached hydrogens (tertiary/aromatic N) is 4. The number of H-pyrrole nitrogens is 1. The van der Waals surface area contributed by atoms with Crippen LogP contribution >= 0.6 is 11.6 Å². The zero-order valence-corrected chi connectivity index (χ0v) is 13.3. The molecule has 2 N–H and O–H groups in total. The Labute approximate surface area is 142 Å². The lowest BCUT2D eigenvalue weighted by Gasteiger charge is -2.11. The third kappa shape index (κ3) is 3.29. The summed E-state index contributed by atoms with van der Waals surface area (Å²) in [5.41, 5.74) is 1.32. The third-order valence-corrected chi connectivity index (χ3v) is 3.48. The number of rotatable bonds is 5. The summed E-state index contributed by atoms with van der Waals surface area (Å²) in [6, 6.07) is 8.27. The van der Waals surface area contributed by atoms with E-state index in [1.165, 1.54) is 17.1 Å². The fraction of sp³-hybridized carbons (Fsp3) is 0.125. The van der Waals surface area contributed by atoms with Gasteiger partial charge in [0, 0.05) is 24.1 Å². The molecule has 0 saturated heterocycles. The van der Waals surface area contributed by atoms with Gasteiger partial charge in [0.1, 0.15) is 6.33 Å². The van der Waals surface area contributed by atoms with Crippen LogP contribution in [0.4, 0.5) is 5.69 Å². The predicted octanol–water partition coefficient (Wildman–Crippen LogP) is 2.11. The van der Waals surface area contributed by atoms with Crippen molar-refractivity contribution in [3.05, 3.63) is 52.0 Å². The molecule has 0 atom stereocenters. The van der Waals surface area contributed by atoms with Crippen LogP contribution in [0.25, 0.3) is 17.2 Å². The number of aromatic nitrogens is 5. The van der Waals surface area contributed by atoms with Crippen molar-refractivity contribution in [2.45, 2.75) is 6.42 Å². The zero-order chi connectivity index (χ0) is 16.9. The molecule has 0 aliphatic carbocycles. The maximum absolute atomic E-state index is 12.4. The van der Waals surface area contributed by atoms with Crippen LogP contribution in [-0.4, -0.2) is 31.5 Å². The molecule has 1 aromatic carbocycles. The summed E-state index contributed by atoms with van der Waals surface area (Å²) in [6.07, 6.45) is 7.16. The molecule has 0 spiro atoms. The summed E-state index contributed by atoms with van der Waals surface area (Å²) in [6.45, 7) is 0.518. The Morgan fingerprint density at radius 3 is 2.79 bits per heavy atom. The van der Waals surface area contributed by atoms with Crippen LogP contribution < -0.4 is 10.9 Å². The van der Waals surface area contributed by atoms with Crippen molar-refractivity contribution < 1.29 is 0 Å². The summed E-state index contributed by atoms with van der Waals surface area (Å²) < 4.78 is 1.28. The molecular weight excluding hydrogens is 328 g/mol. The van der Waals surface area contributed by atoms with Crippen LogP contribution in [-0.2, 0) is 0 Å². The number of anilines is 1. The third-order valence-electron chi connectivity index (χ3n) is 3.23. The predicted molar refractivity (Wildman–Crippen MR) is 92.2 cm³/mol. The highest BCUT2D eigenvalue weighted by Gasteiger charge is 2.14. The van der Waals surface area contributed by atoms with Crippen LogP contribution in [0.15, 0.2) is 41.5 Å². The molecule has 0 aliphatic heterocycles. The Kier molecular flexibility index (Phi) is 4.59. The summed E-state index contributed by atoms with van der Waals surface area (Å²) in [4.78, 5) is 16.5. The van der Waals surface area contributed by atoms with Gasteiger partial charge in [0.15, 0.2) is 11.5 Å². The molecule has 0 radical (unpaired) electrons. The van der Waals surface area contributed by atoms with E-state index in [4.69, 9.17) is 18.0 Å². The van der Waals surface area contributed by atoms with E-state index in [1.807, 2.05) is 0 Å². The lowest BCUT2D eigenvalue weighted by Crippen LogP contribution is -2.22. The fourth-order valence-electron chi connectivity index (χ4n) is 2.12. The lowest BCUT2D eigenvalue weighted by atomic mass is 10.2. The molecule has 24 heavy (non-hydrogen) atoms. The fourth-order valence-corrected chi connectivity index (χ4v) is 2.25. The molecule has 8 heteroatoms. The van der Waals surface area contributed by atoms with Crippen molar-refractivity contribution in [3.63, 3.8) is 0 Å². The Balaban J connectivity index is 2.09. The van der Waals surface area contributed by atoms with E-state index in [0.717, 1.165) is 0 Å². The maximum atomic E-state index is 12.4. The summed E-state index contributed by atoms with van der Waals surface area (Å²) in [7, 11) is 0. The second kappa shape index (κ2) is 6.98. The molecule has 7 nitrogen and oxygen atoms in total. The van der Waals surface area contributed by atoms with Crippen molar-refractivity contribution in [1.29, 1.82) is 0 Å². The first kappa shape index (κ1) is 15.8. The normalized spacial score (nSPS) is 10.3. The second-order valence-corrected chi connectivity index (χ2v) is 5.28. The molecule has 120 valence electrons. The molecular formula is C16H13ClN6O. The van der Waals surface area contributed by atoms with Gasteiger partial charge in [-0.05, 0) is 24.3 Å². The van der Waals surface area contributed by atoms with Gasteiger partial charge in [-0.2, -0.15) is 14.9 Å². The van der Waals surface area contributed by atoms with Crippen molar-refractivity contribution in [2.75, 3.05) is 11.9 Å². The van der Waals surface area contributed by atoms with E-state index < -0.39 is 0 Å². The largest absolute Gasteiger partial charge is 0.382 e. The summed E-state index contributed by atoms with van der Waals surface area (Å²) in [5.74, 6) is 2.98. The first-order valence-corrected chi connectivity index (χ1v) is 7.50. The first-order valence-electron chi connectivity index (χ1n) is 7.12. The number of hydrogen-bond donors (Lipinski definition) is 2. The maximum Gasteiger partial charge on any atom is 0.273 e. The number of benzene rings is 1. The van der Waals surface area contributed by atoms with Gasteiger partial charge < -0.3 is 5.32 Å². The highest BCUT2D eigenvalue weighted by molar-refractivity contribution is 6.30. The van der Waals surface area contributed by atoms with Crippen LogP contribution in [0.1, 0.15) is 6.42 Å². The number of halogens is 1. The molecule has 0 aliphatic rings. The number of hydrogen-bond acceptors (Lipinski definition) is 5. The van der Waals surface area contributed by atoms with Gasteiger partial charge in [-0.1, -0.05) is 11.6 Å². The number of terminal acetylenes is 1. The Hall–Kier alpha value is -3.11. The van der Waals surface area contributed by atoms with Crippen molar-refractivity contribution >= 4 is 17.3 Å². The lowest BCUT2D eigenvalue weighted by molar-refractivity contribution is 0.808. The molecule has 3 aromatic rings. The van der Waals surface area contributed by atoms with Gasteiger partial charge in [0.25, 0.3) is 5.56 Å². The van der Waals surface area contributed by atoms with Crippen LogP contribution in [0, 0.1) is 12.3 Å². The topological polar surface area (TPSA) is 88.5 Å². The minimum Gasteiger partial charge on any atom is -0.382 e. The molecule has 3 rings (SSSR count). The number of aromatic amines is 1.